The number of nitrogens with zero attached hydrogens (tertiary/aromatic N) is 3. The number of hydrogen-bond acceptors (Lipinski definition) is 4. The van der Waals surface area contributed by atoms with Crippen LogP contribution in [0.3, 0.4) is 0 Å². The molecule has 2 aliphatic rings. The molecular weight excluding hydrogens is 381 g/mol. The third-order valence-corrected chi connectivity index (χ3v) is 8.01. The first-order valence-corrected chi connectivity index (χ1v) is 11.5. The Morgan fingerprint density at radius 3 is 2.21 bits per heavy atom. The van der Waals surface area contributed by atoms with E-state index in [0.717, 1.165) is 25.0 Å². The fourth-order valence-electron chi connectivity index (χ4n) is 4.19. The third-order valence-electron chi connectivity index (χ3n) is 6.10. The zero-order chi connectivity index (χ0) is 20.3. The average Bonchev–Trinajstić information content (AvgIpc) is 2.73. The summed E-state index contributed by atoms with van der Waals surface area (Å²) >= 11 is 0. The fraction of sp³-hybridized carbons (Fsp3) is 0.650. The Morgan fingerprint density at radius 1 is 1.07 bits per heavy atom. The minimum Gasteiger partial charge on any atom is -0.341 e. The van der Waals surface area contributed by atoms with Gasteiger partial charge in [-0.3, -0.25) is 9.69 Å². The molecule has 1 aromatic carbocycles. The normalized spacial score (nSPS) is 21.4. The molecule has 0 N–H and O–H groups in total. The molecule has 1 saturated carbocycles. The summed E-state index contributed by atoms with van der Waals surface area (Å²) in [5.74, 6) is -0.347. The van der Waals surface area contributed by atoms with Gasteiger partial charge in [0, 0.05) is 39.3 Å². The van der Waals surface area contributed by atoms with Gasteiger partial charge in [-0.25, -0.2) is 12.8 Å². The van der Waals surface area contributed by atoms with Crippen molar-refractivity contribution in [2.24, 2.45) is 0 Å². The molecule has 3 rings (SSSR count). The van der Waals surface area contributed by atoms with Crippen LogP contribution >= 0.6 is 0 Å². The van der Waals surface area contributed by atoms with Crippen molar-refractivity contribution in [1.82, 2.24) is 14.1 Å². The van der Waals surface area contributed by atoms with Crippen LogP contribution in [0.4, 0.5) is 4.39 Å². The van der Waals surface area contributed by atoms with Gasteiger partial charge in [-0.15, -0.1) is 0 Å². The second kappa shape index (κ2) is 8.88. The number of carbonyl (C=O) groups is 1. The van der Waals surface area contributed by atoms with Gasteiger partial charge in [-0.05, 0) is 44.0 Å². The molecule has 6 nitrogen and oxygen atoms in total. The fourth-order valence-corrected chi connectivity index (χ4v) is 5.61. The van der Waals surface area contributed by atoms with Crippen molar-refractivity contribution in [3.63, 3.8) is 0 Å². The monoisotopic (exact) mass is 411 g/mol. The summed E-state index contributed by atoms with van der Waals surface area (Å²) in [5, 5.41) is 0. The number of rotatable bonds is 5. The molecule has 1 saturated heterocycles. The maximum Gasteiger partial charge on any atom is 0.243 e. The SMILES string of the molecule is C[C@H](C(=O)N(C)C1CCCCC1)N1CCN(S(=O)(=O)c2ccc(F)cc2)CC1. The van der Waals surface area contributed by atoms with E-state index < -0.39 is 15.8 Å². The summed E-state index contributed by atoms with van der Waals surface area (Å²) in [6.07, 6.45) is 5.74. The third kappa shape index (κ3) is 4.55. The number of benzene rings is 1. The van der Waals surface area contributed by atoms with E-state index in [0.29, 0.717) is 32.2 Å². The van der Waals surface area contributed by atoms with Crippen molar-refractivity contribution in [3.8, 4) is 0 Å². The molecule has 156 valence electrons. The largest absolute Gasteiger partial charge is 0.341 e. The Kier molecular flexibility index (Phi) is 6.73. The number of hydrogen-bond donors (Lipinski definition) is 0. The van der Waals surface area contributed by atoms with E-state index in [1.54, 1.807) is 0 Å². The van der Waals surface area contributed by atoms with Crippen LogP contribution in [0.1, 0.15) is 39.0 Å². The Labute approximate surface area is 167 Å². The molecule has 1 amide bonds. The smallest absolute Gasteiger partial charge is 0.243 e. The lowest BCUT2D eigenvalue weighted by Crippen LogP contribution is -2.56. The number of likely N-dealkylation sites (N-methyl/N-ethyl adjacent to an activating group) is 1. The van der Waals surface area contributed by atoms with Crippen molar-refractivity contribution in [3.05, 3.63) is 30.1 Å². The molecule has 1 atom stereocenters. The molecule has 0 bridgehead atoms. The van der Waals surface area contributed by atoms with Gasteiger partial charge in [0.05, 0.1) is 10.9 Å². The van der Waals surface area contributed by atoms with Crippen LogP contribution in [0.25, 0.3) is 0 Å². The second-order valence-corrected chi connectivity index (χ2v) is 9.75. The predicted molar refractivity (Wildman–Crippen MR) is 106 cm³/mol. The van der Waals surface area contributed by atoms with E-state index >= 15 is 0 Å². The maximum atomic E-state index is 13.1. The Bertz CT molecular complexity index is 770. The number of halogens is 1. The quantitative estimate of drug-likeness (QED) is 0.746. The molecule has 1 aromatic rings. The Balaban J connectivity index is 1.58. The lowest BCUT2D eigenvalue weighted by Gasteiger charge is -2.39. The molecule has 1 aliphatic heterocycles. The van der Waals surface area contributed by atoms with Gasteiger partial charge in [-0.2, -0.15) is 4.31 Å². The highest BCUT2D eigenvalue weighted by Crippen LogP contribution is 2.23. The molecule has 0 unspecified atom stereocenters. The van der Waals surface area contributed by atoms with E-state index in [4.69, 9.17) is 0 Å². The number of piperazine rings is 1. The van der Waals surface area contributed by atoms with E-state index in [9.17, 15) is 17.6 Å². The van der Waals surface area contributed by atoms with Crippen molar-refractivity contribution >= 4 is 15.9 Å². The van der Waals surface area contributed by atoms with Crippen LogP contribution in [0.2, 0.25) is 0 Å². The van der Waals surface area contributed by atoms with Gasteiger partial charge in [0.2, 0.25) is 15.9 Å². The van der Waals surface area contributed by atoms with E-state index in [1.807, 2.05) is 18.9 Å². The molecule has 1 aliphatic carbocycles. The van der Waals surface area contributed by atoms with Crippen LogP contribution in [0.5, 0.6) is 0 Å². The topological polar surface area (TPSA) is 60.9 Å². The zero-order valence-corrected chi connectivity index (χ0v) is 17.5. The van der Waals surface area contributed by atoms with Crippen molar-refractivity contribution < 1.29 is 17.6 Å². The van der Waals surface area contributed by atoms with Gasteiger partial charge in [0.1, 0.15) is 5.82 Å². The van der Waals surface area contributed by atoms with Gasteiger partial charge in [0.15, 0.2) is 0 Å². The molecule has 0 spiro atoms. The number of amides is 1. The van der Waals surface area contributed by atoms with E-state index in [-0.39, 0.29) is 16.8 Å². The first kappa shape index (κ1) is 21.2. The highest BCUT2D eigenvalue weighted by atomic mass is 32.2. The summed E-state index contributed by atoms with van der Waals surface area (Å²) < 4.78 is 40.0. The van der Waals surface area contributed by atoms with Crippen LogP contribution in [-0.2, 0) is 14.8 Å². The molecule has 28 heavy (non-hydrogen) atoms. The predicted octanol–water partition coefficient (Wildman–Crippen LogP) is 2.31. The lowest BCUT2D eigenvalue weighted by atomic mass is 9.94. The van der Waals surface area contributed by atoms with Crippen LogP contribution in [0.15, 0.2) is 29.2 Å². The molecule has 0 radical (unpaired) electrons. The minimum atomic E-state index is -3.64. The maximum absolute atomic E-state index is 13.1. The Morgan fingerprint density at radius 2 is 1.64 bits per heavy atom. The molecule has 1 heterocycles. The average molecular weight is 412 g/mol. The summed E-state index contributed by atoms with van der Waals surface area (Å²) in [6, 6.07) is 4.96. The lowest BCUT2D eigenvalue weighted by molar-refractivity contribution is -0.138. The van der Waals surface area contributed by atoms with Crippen molar-refractivity contribution in [2.45, 2.75) is 56.0 Å². The van der Waals surface area contributed by atoms with Crippen molar-refractivity contribution in [1.29, 1.82) is 0 Å². The zero-order valence-electron chi connectivity index (χ0n) is 16.7. The molecule has 2 fully saturated rings. The van der Waals surface area contributed by atoms with Gasteiger partial charge >= 0.3 is 0 Å². The molecule has 0 aromatic heterocycles. The van der Waals surface area contributed by atoms with Crippen molar-refractivity contribution in [2.75, 3.05) is 33.2 Å². The first-order chi connectivity index (χ1) is 13.3. The standard InChI is InChI=1S/C20H30FN3O3S/c1-16(20(25)22(2)18-6-4-3-5-7-18)23-12-14-24(15-13-23)28(26,27)19-10-8-17(21)9-11-19/h8-11,16,18H,3-7,12-15H2,1-2H3/t16-/m1/s1. The Hall–Kier alpha value is -1.51. The van der Waals surface area contributed by atoms with Gasteiger partial charge in [-0.1, -0.05) is 19.3 Å². The number of carbonyl (C=O) groups excluding carboxylic acids is 1. The van der Waals surface area contributed by atoms with Gasteiger partial charge in [0.25, 0.3) is 0 Å². The highest BCUT2D eigenvalue weighted by molar-refractivity contribution is 7.89. The molecule has 8 heteroatoms. The number of sulfonamides is 1. The second-order valence-electron chi connectivity index (χ2n) is 7.81. The van der Waals surface area contributed by atoms with E-state index in [2.05, 4.69) is 4.90 Å². The van der Waals surface area contributed by atoms with Gasteiger partial charge < -0.3 is 4.90 Å². The first-order valence-electron chi connectivity index (χ1n) is 10.1. The summed E-state index contributed by atoms with van der Waals surface area (Å²) in [7, 11) is -1.74. The van der Waals surface area contributed by atoms with Crippen LogP contribution in [0, 0.1) is 5.82 Å². The summed E-state index contributed by atoms with van der Waals surface area (Å²) in [6.45, 7) is 3.57. The highest BCUT2D eigenvalue weighted by Gasteiger charge is 2.34. The van der Waals surface area contributed by atoms with Crippen LogP contribution in [-0.4, -0.2) is 73.7 Å². The summed E-state index contributed by atoms with van der Waals surface area (Å²) in [5.41, 5.74) is 0. The summed E-state index contributed by atoms with van der Waals surface area (Å²) in [4.78, 5) is 16.9. The van der Waals surface area contributed by atoms with E-state index in [1.165, 1.54) is 35.7 Å². The van der Waals surface area contributed by atoms with Crippen LogP contribution < -0.4 is 0 Å². The molecular formula is C20H30FN3O3S. The minimum absolute atomic E-state index is 0.100.